The zero-order valence-electron chi connectivity index (χ0n) is 16.5. The first-order valence-electron chi connectivity index (χ1n) is 8.72. The minimum absolute atomic E-state index is 0.0548. The van der Waals surface area contributed by atoms with Gasteiger partial charge in [0.05, 0.1) is 34.3 Å². The molecule has 2 atom stereocenters. The van der Waals surface area contributed by atoms with E-state index < -0.39 is 51.6 Å². The first kappa shape index (κ1) is 24.7. The maximum Gasteiger partial charge on any atom is 0.392 e. The zero-order valence-corrected chi connectivity index (χ0v) is 17.3. The van der Waals surface area contributed by atoms with Gasteiger partial charge in [-0.3, -0.25) is 14.9 Å². The lowest BCUT2D eigenvalue weighted by atomic mass is 9.94. The lowest BCUT2D eigenvalue weighted by Gasteiger charge is -2.21. The molecular weight excluding hydrogens is 413 g/mol. The van der Waals surface area contributed by atoms with Crippen LogP contribution in [0.2, 0.25) is 0 Å². The van der Waals surface area contributed by atoms with Gasteiger partial charge in [0.2, 0.25) is 0 Å². The summed E-state index contributed by atoms with van der Waals surface area (Å²) in [5, 5.41) is 10.8. The van der Waals surface area contributed by atoms with Gasteiger partial charge >= 0.3 is 12.1 Å². The molecule has 1 aromatic rings. The zero-order chi connectivity index (χ0) is 22.4. The Morgan fingerprint density at radius 1 is 1.21 bits per heavy atom. The van der Waals surface area contributed by atoms with Crippen LogP contribution in [0.4, 0.5) is 18.9 Å². The smallest absolute Gasteiger partial charge is 0.392 e. The van der Waals surface area contributed by atoms with Crippen molar-refractivity contribution in [1.29, 1.82) is 0 Å². The molecule has 0 amide bonds. The first-order valence-corrected chi connectivity index (χ1v) is 9.83. The molecule has 0 aliphatic heterocycles. The molecule has 0 fully saturated rings. The molecule has 0 aliphatic rings. The molecule has 0 spiro atoms. The Kier molecular flexibility index (Phi) is 8.49. The molecule has 0 bridgehead atoms. The van der Waals surface area contributed by atoms with Crippen LogP contribution >= 0.6 is 0 Å². The molecule has 0 saturated heterocycles. The second-order valence-corrected chi connectivity index (χ2v) is 9.06. The Bertz CT molecular complexity index is 786. The number of rotatable bonds is 8. The fraction of sp³-hybridized carbons (Fsp3) is 0.556. The summed E-state index contributed by atoms with van der Waals surface area (Å²) in [5.41, 5.74) is -0.241. The van der Waals surface area contributed by atoms with Crippen LogP contribution < -0.4 is 0 Å². The number of benzene rings is 1. The molecule has 0 radical (unpaired) electrons. The van der Waals surface area contributed by atoms with Gasteiger partial charge in [0.25, 0.3) is 5.69 Å². The summed E-state index contributed by atoms with van der Waals surface area (Å²) >= 11 is 0. The SMILES string of the molecule is CCOC(=O)C[C@@H](C/C(=N/S(=O)C(C)(C)C)c1ccc([N+](=O)[O-])cc1)C(F)(F)F. The molecule has 1 aromatic carbocycles. The van der Waals surface area contributed by atoms with E-state index >= 15 is 0 Å². The summed E-state index contributed by atoms with van der Waals surface area (Å²) in [6.45, 7) is 6.26. The molecule has 29 heavy (non-hydrogen) atoms. The second-order valence-electron chi connectivity index (χ2n) is 7.16. The number of non-ortho nitro benzene ring substituents is 1. The topological polar surface area (TPSA) is 98.9 Å². The number of hydrogen-bond donors (Lipinski definition) is 0. The average Bonchev–Trinajstić information content (AvgIpc) is 2.59. The minimum Gasteiger partial charge on any atom is -0.466 e. The Labute approximate surface area is 169 Å². The van der Waals surface area contributed by atoms with E-state index in [1.54, 1.807) is 20.8 Å². The minimum atomic E-state index is -4.72. The first-order chi connectivity index (χ1) is 13.3. The summed E-state index contributed by atoms with van der Waals surface area (Å²) < 4.78 is 60.7. The lowest BCUT2D eigenvalue weighted by molar-refractivity contribution is -0.384. The maximum absolute atomic E-state index is 13.5. The summed E-state index contributed by atoms with van der Waals surface area (Å²) in [6.07, 6.45) is -6.36. The summed E-state index contributed by atoms with van der Waals surface area (Å²) in [6, 6.07) is 4.74. The van der Waals surface area contributed by atoms with Crippen LogP contribution in [-0.2, 0) is 20.5 Å². The highest BCUT2D eigenvalue weighted by molar-refractivity contribution is 7.85. The van der Waals surface area contributed by atoms with Crippen molar-refractivity contribution in [2.45, 2.75) is 51.5 Å². The van der Waals surface area contributed by atoms with E-state index in [1.165, 1.54) is 19.1 Å². The Morgan fingerprint density at radius 3 is 2.17 bits per heavy atom. The molecular formula is C18H23F3N2O5S. The third kappa shape index (κ3) is 7.92. The fourth-order valence-electron chi connectivity index (χ4n) is 2.18. The van der Waals surface area contributed by atoms with E-state index in [4.69, 9.17) is 0 Å². The van der Waals surface area contributed by atoms with E-state index in [9.17, 15) is 32.3 Å². The van der Waals surface area contributed by atoms with Gasteiger partial charge in [-0.2, -0.15) is 17.6 Å². The summed E-state index contributed by atoms with van der Waals surface area (Å²) in [7, 11) is -1.87. The van der Waals surface area contributed by atoms with Gasteiger partial charge in [0.15, 0.2) is 0 Å². The quantitative estimate of drug-likeness (QED) is 0.261. The van der Waals surface area contributed by atoms with Gasteiger partial charge in [-0.1, -0.05) is 0 Å². The maximum atomic E-state index is 13.5. The van der Waals surface area contributed by atoms with E-state index in [2.05, 4.69) is 9.13 Å². The van der Waals surface area contributed by atoms with Crippen molar-refractivity contribution < 1.29 is 31.8 Å². The molecule has 7 nitrogen and oxygen atoms in total. The summed E-state index contributed by atoms with van der Waals surface area (Å²) in [4.78, 5) is 21.8. The van der Waals surface area contributed by atoms with E-state index in [-0.39, 0.29) is 23.6 Å². The van der Waals surface area contributed by atoms with Gasteiger partial charge in [-0.25, -0.2) is 4.21 Å². The predicted octanol–water partition coefficient (Wildman–Crippen LogP) is 4.37. The average molecular weight is 436 g/mol. The van der Waals surface area contributed by atoms with Crippen molar-refractivity contribution in [2.24, 2.45) is 10.3 Å². The number of carbonyl (C=O) groups is 1. The molecule has 0 saturated carbocycles. The highest BCUT2D eigenvalue weighted by Gasteiger charge is 2.42. The fourth-order valence-corrected chi connectivity index (χ4v) is 2.83. The molecule has 0 aliphatic carbocycles. The van der Waals surface area contributed by atoms with Crippen LogP contribution in [-0.4, -0.2) is 38.3 Å². The molecule has 0 heterocycles. The van der Waals surface area contributed by atoms with Gasteiger partial charge < -0.3 is 4.74 Å². The number of alkyl halides is 3. The van der Waals surface area contributed by atoms with E-state index in [0.717, 1.165) is 12.1 Å². The van der Waals surface area contributed by atoms with Crippen molar-refractivity contribution in [3.8, 4) is 0 Å². The molecule has 0 aromatic heterocycles. The predicted molar refractivity (Wildman–Crippen MR) is 103 cm³/mol. The van der Waals surface area contributed by atoms with Crippen molar-refractivity contribution in [1.82, 2.24) is 0 Å². The van der Waals surface area contributed by atoms with Crippen molar-refractivity contribution in [3.63, 3.8) is 0 Å². The summed E-state index contributed by atoms with van der Waals surface area (Å²) in [5.74, 6) is -3.11. The van der Waals surface area contributed by atoms with Crippen LogP contribution in [0.15, 0.2) is 28.7 Å². The second kappa shape index (κ2) is 9.95. The molecule has 11 heteroatoms. The molecule has 162 valence electrons. The number of hydrogen-bond acceptors (Lipinski definition) is 5. The standard InChI is InChI=1S/C18H23F3N2O5S/c1-5-28-16(24)11-13(18(19,20)21)10-15(22-29(27)17(2,3)4)12-6-8-14(9-7-12)23(25)26/h6-9,13H,5,10-11H2,1-4H3/b22-15-/t13-,29?/m1/s1. The van der Waals surface area contributed by atoms with Crippen molar-refractivity contribution in [2.75, 3.05) is 6.61 Å². The van der Waals surface area contributed by atoms with E-state index in [1.807, 2.05) is 0 Å². The number of esters is 1. The van der Waals surface area contributed by atoms with E-state index in [0.29, 0.717) is 0 Å². The number of nitro benzene ring substituents is 1. The van der Waals surface area contributed by atoms with Crippen molar-refractivity contribution >= 4 is 28.4 Å². The largest absolute Gasteiger partial charge is 0.466 e. The number of halogens is 3. The van der Waals surface area contributed by atoms with Crippen LogP contribution in [0.25, 0.3) is 0 Å². The third-order valence-electron chi connectivity index (χ3n) is 3.75. The lowest BCUT2D eigenvalue weighted by Crippen LogP contribution is -2.30. The monoisotopic (exact) mass is 436 g/mol. The van der Waals surface area contributed by atoms with Crippen LogP contribution in [0.5, 0.6) is 0 Å². The van der Waals surface area contributed by atoms with Crippen molar-refractivity contribution in [3.05, 3.63) is 39.9 Å². The number of nitrogens with zero attached hydrogens (tertiary/aromatic N) is 2. The van der Waals surface area contributed by atoms with Crippen LogP contribution in [0.3, 0.4) is 0 Å². The number of nitro groups is 1. The molecule has 1 rings (SSSR count). The van der Waals surface area contributed by atoms with Gasteiger partial charge in [0.1, 0.15) is 11.0 Å². The third-order valence-corrected chi connectivity index (χ3v) is 5.18. The Hall–Kier alpha value is -2.30. The van der Waals surface area contributed by atoms with Gasteiger partial charge in [-0.05, 0) is 45.4 Å². The highest BCUT2D eigenvalue weighted by Crippen LogP contribution is 2.33. The normalized spacial score (nSPS) is 14.9. The molecule has 0 N–H and O–H groups in total. The highest BCUT2D eigenvalue weighted by atomic mass is 32.2. The Balaban J connectivity index is 3.34. The number of ether oxygens (including phenoxy) is 1. The van der Waals surface area contributed by atoms with Crippen LogP contribution in [0, 0.1) is 16.0 Å². The van der Waals surface area contributed by atoms with Crippen LogP contribution in [0.1, 0.15) is 46.1 Å². The number of carbonyl (C=O) groups excluding carboxylic acids is 1. The molecule has 1 unspecified atom stereocenters. The van der Waals surface area contributed by atoms with Gasteiger partial charge in [-0.15, -0.1) is 0 Å². The van der Waals surface area contributed by atoms with Gasteiger partial charge in [0, 0.05) is 18.6 Å². The Morgan fingerprint density at radius 2 is 1.76 bits per heavy atom.